The number of para-hydroxylation sites is 3. The second kappa shape index (κ2) is 9.79. The predicted octanol–water partition coefficient (Wildman–Crippen LogP) is 4.76. The van der Waals surface area contributed by atoms with Gasteiger partial charge in [-0.05, 0) is 31.2 Å². The van der Waals surface area contributed by atoms with E-state index in [-0.39, 0.29) is 17.7 Å². The number of carbonyl (C=O) groups is 1. The molecule has 0 aromatic heterocycles. The number of hydrogen-bond acceptors (Lipinski definition) is 4. The molecule has 0 spiro atoms. The molecule has 160 valence electrons. The molecule has 5 nitrogen and oxygen atoms in total. The van der Waals surface area contributed by atoms with Gasteiger partial charge in [0.25, 0.3) is 0 Å². The van der Waals surface area contributed by atoms with Crippen LogP contribution < -0.4 is 14.8 Å². The Morgan fingerprint density at radius 1 is 1.06 bits per heavy atom. The van der Waals surface area contributed by atoms with Gasteiger partial charge in [-0.25, -0.2) is 0 Å². The molecule has 1 heterocycles. The van der Waals surface area contributed by atoms with Crippen LogP contribution in [-0.4, -0.2) is 22.0 Å². The molecule has 0 fully saturated rings. The second-order valence-electron chi connectivity index (χ2n) is 7.43. The lowest BCUT2D eigenvalue weighted by molar-refractivity contribution is -0.121. The van der Waals surface area contributed by atoms with Gasteiger partial charge in [-0.15, -0.1) is 0 Å². The van der Waals surface area contributed by atoms with Crippen LogP contribution in [0.4, 0.5) is 0 Å². The molecule has 1 N–H and O–H groups in total. The number of hydrogen-bond donors (Lipinski definition) is 1. The molecule has 0 saturated carbocycles. The highest BCUT2D eigenvalue weighted by molar-refractivity contribution is 7.85. The average molecular weight is 436 g/mol. The van der Waals surface area contributed by atoms with E-state index in [9.17, 15) is 9.00 Å². The molecule has 3 aromatic carbocycles. The van der Waals surface area contributed by atoms with Crippen molar-refractivity contribution in [2.24, 2.45) is 0 Å². The molecular formula is C25H25NO4S. The van der Waals surface area contributed by atoms with Gasteiger partial charge in [0, 0.05) is 28.3 Å². The van der Waals surface area contributed by atoms with Crippen LogP contribution >= 0.6 is 0 Å². The van der Waals surface area contributed by atoms with Gasteiger partial charge in [0.05, 0.1) is 18.4 Å². The molecule has 0 aliphatic carbocycles. The first-order chi connectivity index (χ1) is 15.1. The van der Waals surface area contributed by atoms with Gasteiger partial charge in [0.15, 0.2) is 0 Å². The Kier molecular flexibility index (Phi) is 6.67. The molecule has 0 bridgehead atoms. The number of amides is 1. The van der Waals surface area contributed by atoms with E-state index < -0.39 is 16.0 Å². The summed E-state index contributed by atoms with van der Waals surface area (Å²) in [5.41, 5.74) is 1.77. The van der Waals surface area contributed by atoms with Gasteiger partial charge in [-0.3, -0.25) is 9.00 Å². The molecule has 4 rings (SSSR count). The van der Waals surface area contributed by atoms with Gasteiger partial charge >= 0.3 is 0 Å². The third kappa shape index (κ3) is 5.14. The van der Waals surface area contributed by atoms with Crippen molar-refractivity contribution in [2.45, 2.75) is 30.4 Å². The highest BCUT2D eigenvalue weighted by Gasteiger charge is 2.27. The zero-order valence-corrected chi connectivity index (χ0v) is 18.1. The van der Waals surface area contributed by atoms with Crippen molar-refractivity contribution in [3.63, 3.8) is 0 Å². The number of nitrogens with one attached hydrogen (secondary N) is 1. The molecule has 31 heavy (non-hydrogen) atoms. The fourth-order valence-electron chi connectivity index (χ4n) is 3.52. The zero-order chi connectivity index (χ0) is 21.6. The summed E-state index contributed by atoms with van der Waals surface area (Å²) in [6, 6.07) is 24.5. The summed E-state index contributed by atoms with van der Waals surface area (Å²) in [6.45, 7) is 2.25. The quantitative estimate of drug-likeness (QED) is 0.581. The first-order valence-electron chi connectivity index (χ1n) is 10.3. The summed E-state index contributed by atoms with van der Waals surface area (Å²) in [5.74, 6) is 2.17. The number of carbonyl (C=O) groups excluding carboxylic acids is 1. The van der Waals surface area contributed by atoms with Crippen molar-refractivity contribution in [1.82, 2.24) is 5.32 Å². The molecule has 6 heteroatoms. The summed E-state index contributed by atoms with van der Waals surface area (Å²) < 4.78 is 24.6. The van der Waals surface area contributed by atoms with Crippen LogP contribution in [0.3, 0.4) is 0 Å². The topological polar surface area (TPSA) is 64.6 Å². The minimum atomic E-state index is -1.40. The van der Waals surface area contributed by atoms with E-state index in [2.05, 4.69) is 5.32 Å². The van der Waals surface area contributed by atoms with Crippen LogP contribution in [0.5, 0.6) is 17.2 Å². The summed E-state index contributed by atoms with van der Waals surface area (Å²) in [6.07, 6.45) is 0.690. The molecule has 0 radical (unpaired) electrons. The standard InChI is InChI=1S/C25H25NO4S/c1-18(25(27)26-22-15-16-29-24-14-8-6-12-21(22)24)31(28)17-19-9-5-7-13-23(19)30-20-10-3-2-4-11-20/h2-14,18,22H,15-17H2,1H3,(H,26,27). The summed E-state index contributed by atoms with van der Waals surface area (Å²) >= 11 is 0. The Balaban J connectivity index is 1.42. The second-order valence-corrected chi connectivity index (χ2v) is 9.18. The smallest absolute Gasteiger partial charge is 0.235 e. The van der Waals surface area contributed by atoms with Crippen molar-refractivity contribution >= 4 is 16.7 Å². The minimum Gasteiger partial charge on any atom is -0.493 e. The highest BCUT2D eigenvalue weighted by Crippen LogP contribution is 2.32. The summed E-state index contributed by atoms with van der Waals surface area (Å²) in [7, 11) is -1.40. The number of benzene rings is 3. The van der Waals surface area contributed by atoms with Crippen LogP contribution in [-0.2, 0) is 21.3 Å². The van der Waals surface area contributed by atoms with E-state index in [1.807, 2.05) is 78.9 Å². The third-order valence-corrected chi connectivity index (χ3v) is 6.88. The third-order valence-electron chi connectivity index (χ3n) is 5.28. The Bertz CT molecular complexity index is 1070. The van der Waals surface area contributed by atoms with E-state index >= 15 is 0 Å². The number of fused-ring (bicyclic) bond motifs is 1. The average Bonchev–Trinajstić information content (AvgIpc) is 2.80. The molecule has 1 aliphatic rings. The van der Waals surface area contributed by atoms with Crippen molar-refractivity contribution in [3.05, 3.63) is 90.0 Å². The van der Waals surface area contributed by atoms with Crippen LogP contribution in [0.25, 0.3) is 0 Å². The van der Waals surface area contributed by atoms with E-state index in [1.54, 1.807) is 6.92 Å². The molecule has 3 unspecified atom stereocenters. The minimum absolute atomic E-state index is 0.134. The normalized spacial score (nSPS) is 17.0. The van der Waals surface area contributed by atoms with Gasteiger partial charge in [0.2, 0.25) is 5.91 Å². The Hall–Kier alpha value is -3.12. The van der Waals surface area contributed by atoms with Gasteiger partial charge in [-0.2, -0.15) is 0 Å². The van der Waals surface area contributed by atoms with E-state index in [0.29, 0.717) is 24.5 Å². The lowest BCUT2D eigenvalue weighted by atomic mass is 10.0. The predicted molar refractivity (Wildman–Crippen MR) is 122 cm³/mol. The summed E-state index contributed by atoms with van der Waals surface area (Å²) in [5, 5.41) is 2.40. The monoisotopic (exact) mass is 435 g/mol. The van der Waals surface area contributed by atoms with Gasteiger partial charge < -0.3 is 14.8 Å². The largest absolute Gasteiger partial charge is 0.493 e. The number of ether oxygens (including phenoxy) is 2. The Morgan fingerprint density at radius 2 is 1.77 bits per heavy atom. The first kappa shape index (κ1) is 21.1. The lowest BCUT2D eigenvalue weighted by Crippen LogP contribution is -2.39. The van der Waals surface area contributed by atoms with Crippen LogP contribution in [0.1, 0.15) is 30.5 Å². The fourth-order valence-corrected chi connectivity index (χ4v) is 4.62. The maximum absolute atomic E-state index is 13.0. The van der Waals surface area contributed by atoms with Crippen molar-refractivity contribution in [2.75, 3.05) is 6.61 Å². The first-order valence-corrected chi connectivity index (χ1v) is 11.7. The molecule has 3 atom stereocenters. The van der Waals surface area contributed by atoms with Crippen LogP contribution in [0, 0.1) is 0 Å². The zero-order valence-electron chi connectivity index (χ0n) is 17.3. The molecular weight excluding hydrogens is 410 g/mol. The Labute approximate surface area is 184 Å². The van der Waals surface area contributed by atoms with E-state index in [0.717, 1.165) is 16.9 Å². The molecule has 1 amide bonds. The van der Waals surface area contributed by atoms with Gasteiger partial charge in [-0.1, -0.05) is 54.6 Å². The van der Waals surface area contributed by atoms with Crippen molar-refractivity contribution in [1.29, 1.82) is 0 Å². The van der Waals surface area contributed by atoms with Crippen molar-refractivity contribution in [3.8, 4) is 17.2 Å². The molecule has 3 aromatic rings. The molecule has 1 aliphatic heterocycles. The van der Waals surface area contributed by atoms with E-state index in [1.165, 1.54) is 0 Å². The summed E-state index contributed by atoms with van der Waals surface area (Å²) in [4.78, 5) is 12.9. The van der Waals surface area contributed by atoms with Crippen LogP contribution in [0.2, 0.25) is 0 Å². The maximum Gasteiger partial charge on any atom is 0.235 e. The maximum atomic E-state index is 13.0. The van der Waals surface area contributed by atoms with Crippen molar-refractivity contribution < 1.29 is 18.5 Å². The highest BCUT2D eigenvalue weighted by atomic mass is 32.2. The van der Waals surface area contributed by atoms with Gasteiger partial charge in [0.1, 0.15) is 22.5 Å². The molecule has 0 saturated heterocycles. The SMILES string of the molecule is CC(C(=O)NC1CCOc2ccccc21)S(=O)Cc1ccccc1Oc1ccccc1. The van der Waals surface area contributed by atoms with E-state index in [4.69, 9.17) is 9.47 Å². The lowest BCUT2D eigenvalue weighted by Gasteiger charge is -2.27. The number of rotatable bonds is 7. The van der Waals surface area contributed by atoms with Crippen LogP contribution in [0.15, 0.2) is 78.9 Å². The fraction of sp³-hybridized carbons (Fsp3) is 0.240. The Morgan fingerprint density at radius 3 is 2.61 bits per heavy atom.